The SMILES string of the molecule is COc1cccc(CCNC(=O)N2CCC(Nc3ccc(CCNC[C@H](O)COc4ccc(O)cc4)cc3)CC2)c1. The predicted octanol–water partition coefficient (Wildman–Crippen LogP) is 3.80. The Morgan fingerprint density at radius 2 is 1.68 bits per heavy atom. The average molecular weight is 563 g/mol. The number of methoxy groups -OCH3 is 1. The van der Waals surface area contributed by atoms with Crippen LogP contribution in [0.3, 0.4) is 0 Å². The molecule has 0 saturated carbocycles. The van der Waals surface area contributed by atoms with Gasteiger partial charge in [-0.2, -0.15) is 0 Å². The molecule has 1 fully saturated rings. The zero-order valence-electron chi connectivity index (χ0n) is 23.7. The molecule has 1 aliphatic heterocycles. The lowest BCUT2D eigenvalue weighted by atomic mass is 10.0. The van der Waals surface area contributed by atoms with Crippen LogP contribution in [0.4, 0.5) is 10.5 Å². The third-order valence-corrected chi connectivity index (χ3v) is 7.18. The number of likely N-dealkylation sites (tertiary alicyclic amines) is 1. The van der Waals surface area contributed by atoms with Gasteiger partial charge in [-0.25, -0.2) is 4.79 Å². The molecule has 0 aliphatic carbocycles. The number of anilines is 1. The Bertz CT molecular complexity index is 1200. The summed E-state index contributed by atoms with van der Waals surface area (Å²) < 4.78 is 10.8. The third kappa shape index (κ3) is 10.2. The van der Waals surface area contributed by atoms with E-state index in [0.717, 1.165) is 62.3 Å². The molecule has 1 saturated heterocycles. The van der Waals surface area contributed by atoms with Crippen molar-refractivity contribution >= 4 is 11.7 Å². The number of amides is 2. The highest BCUT2D eigenvalue weighted by atomic mass is 16.5. The fraction of sp³-hybridized carbons (Fsp3) is 0.406. The largest absolute Gasteiger partial charge is 0.508 e. The number of benzene rings is 3. The average Bonchev–Trinajstić information content (AvgIpc) is 3.00. The minimum absolute atomic E-state index is 0.00157. The van der Waals surface area contributed by atoms with Crippen LogP contribution in [0.2, 0.25) is 0 Å². The molecule has 0 radical (unpaired) electrons. The number of piperidine rings is 1. The Morgan fingerprint density at radius 3 is 2.41 bits per heavy atom. The van der Waals surface area contributed by atoms with Crippen molar-refractivity contribution in [2.45, 2.75) is 37.8 Å². The maximum atomic E-state index is 12.6. The van der Waals surface area contributed by atoms with E-state index in [4.69, 9.17) is 9.47 Å². The van der Waals surface area contributed by atoms with Crippen LogP contribution in [0, 0.1) is 0 Å². The monoisotopic (exact) mass is 562 g/mol. The van der Waals surface area contributed by atoms with Crippen molar-refractivity contribution in [2.75, 3.05) is 51.8 Å². The van der Waals surface area contributed by atoms with Crippen LogP contribution in [0.25, 0.3) is 0 Å². The number of phenolic OH excluding ortho intramolecular Hbond substituents is 1. The number of aromatic hydroxyl groups is 1. The molecule has 3 aromatic carbocycles. The molecule has 3 aromatic rings. The van der Waals surface area contributed by atoms with Crippen molar-refractivity contribution in [3.8, 4) is 17.2 Å². The van der Waals surface area contributed by atoms with Gasteiger partial charge in [0, 0.05) is 37.9 Å². The van der Waals surface area contributed by atoms with Gasteiger partial charge >= 0.3 is 6.03 Å². The fourth-order valence-corrected chi connectivity index (χ4v) is 4.78. The summed E-state index contributed by atoms with van der Waals surface area (Å²) in [6.45, 7) is 3.45. The molecule has 1 aliphatic rings. The van der Waals surface area contributed by atoms with Crippen molar-refractivity contribution < 1.29 is 24.5 Å². The second-order valence-corrected chi connectivity index (χ2v) is 10.3. The molecule has 0 unspecified atom stereocenters. The van der Waals surface area contributed by atoms with Gasteiger partial charge in [0.05, 0.1) is 7.11 Å². The van der Waals surface area contributed by atoms with Gasteiger partial charge in [-0.3, -0.25) is 0 Å². The Balaban J connectivity index is 1.07. The van der Waals surface area contributed by atoms with E-state index in [-0.39, 0.29) is 18.4 Å². The first-order valence-corrected chi connectivity index (χ1v) is 14.3. The second-order valence-electron chi connectivity index (χ2n) is 10.3. The lowest BCUT2D eigenvalue weighted by Gasteiger charge is -2.33. The quantitative estimate of drug-likeness (QED) is 0.190. The van der Waals surface area contributed by atoms with Crippen molar-refractivity contribution in [1.29, 1.82) is 0 Å². The van der Waals surface area contributed by atoms with Crippen molar-refractivity contribution in [2.24, 2.45) is 0 Å². The summed E-state index contributed by atoms with van der Waals surface area (Å²) in [6.07, 6.45) is 2.83. The zero-order chi connectivity index (χ0) is 28.9. The van der Waals surface area contributed by atoms with Crippen LogP contribution in [0.5, 0.6) is 17.2 Å². The van der Waals surface area contributed by atoms with Crippen LogP contribution < -0.4 is 25.4 Å². The Morgan fingerprint density at radius 1 is 0.951 bits per heavy atom. The second kappa shape index (κ2) is 15.7. The highest BCUT2D eigenvalue weighted by Crippen LogP contribution is 2.18. The van der Waals surface area contributed by atoms with E-state index in [9.17, 15) is 15.0 Å². The van der Waals surface area contributed by atoms with Gasteiger partial charge in [0.2, 0.25) is 0 Å². The zero-order valence-corrected chi connectivity index (χ0v) is 23.7. The number of nitrogens with zero attached hydrogens (tertiary/aromatic N) is 1. The lowest BCUT2D eigenvalue weighted by molar-refractivity contribution is 0.106. The molecule has 4 rings (SSSR count). The molecule has 0 spiro atoms. The van der Waals surface area contributed by atoms with E-state index in [2.05, 4.69) is 40.2 Å². The summed E-state index contributed by atoms with van der Waals surface area (Å²) in [5.74, 6) is 1.63. The summed E-state index contributed by atoms with van der Waals surface area (Å²) in [5.41, 5.74) is 3.45. The van der Waals surface area contributed by atoms with Crippen molar-refractivity contribution in [1.82, 2.24) is 15.5 Å². The summed E-state index contributed by atoms with van der Waals surface area (Å²) in [6, 6.07) is 23.2. The van der Waals surface area contributed by atoms with E-state index in [1.54, 1.807) is 31.4 Å². The van der Waals surface area contributed by atoms with Gasteiger partial charge in [-0.1, -0.05) is 24.3 Å². The van der Waals surface area contributed by atoms with Gasteiger partial charge in [-0.05, 0) is 91.9 Å². The maximum Gasteiger partial charge on any atom is 0.317 e. The number of aliphatic hydroxyl groups excluding tert-OH is 1. The van der Waals surface area contributed by atoms with E-state index in [0.29, 0.717) is 24.9 Å². The standard InChI is InChI=1S/C32H42N4O5/c1-40-31-4-2-3-25(21-31)14-18-34-32(39)36-19-15-27(16-20-36)35-26-7-5-24(6-8-26)13-17-33-22-29(38)23-41-30-11-9-28(37)10-12-30/h2-12,21,27,29,33,35,37-38H,13-20,22-23H2,1H3,(H,34,39)/t29-/m0/s1. The number of urea groups is 1. The molecule has 0 bridgehead atoms. The number of carbonyl (C=O) groups excluding carboxylic acids is 1. The molecular formula is C32H42N4O5. The molecule has 5 N–H and O–H groups in total. The topological polar surface area (TPSA) is 115 Å². The number of hydrogen-bond donors (Lipinski definition) is 5. The fourth-order valence-electron chi connectivity index (χ4n) is 4.78. The van der Waals surface area contributed by atoms with Crippen LogP contribution in [0.1, 0.15) is 24.0 Å². The Hall–Kier alpha value is -3.95. The van der Waals surface area contributed by atoms with E-state index in [1.165, 1.54) is 5.56 Å². The number of hydrogen-bond acceptors (Lipinski definition) is 7. The first-order valence-electron chi connectivity index (χ1n) is 14.3. The minimum Gasteiger partial charge on any atom is -0.508 e. The Kier molecular flexibility index (Phi) is 11.5. The molecule has 2 amide bonds. The van der Waals surface area contributed by atoms with Crippen LogP contribution in [-0.4, -0.2) is 79.7 Å². The van der Waals surface area contributed by atoms with Crippen LogP contribution in [-0.2, 0) is 12.8 Å². The molecule has 9 heteroatoms. The van der Waals surface area contributed by atoms with E-state index >= 15 is 0 Å². The number of ether oxygens (including phenoxy) is 2. The molecule has 1 heterocycles. The molecule has 41 heavy (non-hydrogen) atoms. The number of carbonyl (C=O) groups is 1. The summed E-state index contributed by atoms with van der Waals surface area (Å²) in [5, 5.41) is 29.4. The van der Waals surface area contributed by atoms with Crippen molar-refractivity contribution in [3.05, 3.63) is 83.9 Å². The smallest absolute Gasteiger partial charge is 0.317 e. The van der Waals surface area contributed by atoms with Gasteiger partial charge in [-0.15, -0.1) is 0 Å². The van der Waals surface area contributed by atoms with Gasteiger partial charge < -0.3 is 40.5 Å². The highest BCUT2D eigenvalue weighted by molar-refractivity contribution is 5.74. The number of aliphatic hydroxyl groups is 1. The lowest BCUT2D eigenvalue weighted by Crippen LogP contribution is -2.47. The molecule has 1 atom stereocenters. The van der Waals surface area contributed by atoms with E-state index < -0.39 is 6.10 Å². The van der Waals surface area contributed by atoms with Crippen molar-refractivity contribution in [3.63, 3.8) is 0 Å². The molecular weight excluding hydrogens is 520 g/mol. The molecule has 0 aromatic heterocycles. The maximum absolute atomic E-state index is 12.6. The summed E-state index contributed by atoms with van der Waals surface area (Å²) >= 11 is 0. The molecule has 220 valence electrons. The normalized spacial score (nSPS) is 14.3. The third-order valence-electron chi connectivity index (χ3n) is 7.18. The highest BCUT2D eigenvalue weighted by Gasteiger charge is 2.22. The summed E-state index contributed by atoms with van der Waals surface area (Å²) in [4.78, 5) is 14.5. The van der Waals surface area contributed by atoms with Gasteiger partial charge in [0.15, 0.2) is 0 Å². The number of phenols is 1. The molecule has 9 nitrogen and oxygen atoms in total. The van der Waals surface area contributed by atoms with Crippen LogP contribution >= 0.6 is 0 Å². The summed E-state index contributed by atoms with van der Waals surface area (Å²) in [7, 11) is 1.66. The Labute approximate surface area is 242 Å². The predicted molar refractivity (Wildman–Crippen MR) is 161 cm³/mol. The van der Waals surface area contributed by atoms with Gasteiger partial charge in [0.1, 0.15) is 30.0 Å². The number of rotatable bonds is 14. The van der Waals surface area contributed by atoms with E-state index in [1.807, 2.05) is 29.2 Å². The number of nitrogens with one attached hydrogen (secondary N) is 3. The van der Waals surface area contributed by atoms with Gasteiger partial charge in [0.25, 0.3) is 0 Å². The minimum atomic E-state index is -0.619. The first kappa shape index (κ1) is 30.0. The van der Waals surface area contributed by atoms with Crippen LogP contribution in [0.15, 0.2) is 72.8 Å². The first-order chi connectivity index (χ1) is 20.0.